The molecular weight excluding hydrogens is 220 g/mol. The van der Waals surface area contributed by atoms with Crippen LogP contribution in [0.25, 0.3) is 0 Å². The third-order valence-electron chi connectivity index (χ3n) is 3.69. The standard InChI is InChI=1S/C12H22N2O3/c1-13-8-11(16)14-5-2-4-12(9-14)7-10(15)3-6-17-12/h10,13,15H,2-9H2,1H3/t10-,12-/m0/s1. The van der Waals surface area contributed by atoms with Gasteiger partial charge in [-0.2, -0.15) is 0 Å². The van der Waals surface area contributed by atoms with Gasteiger partial charge >= 0.3 is 0 Å². The molecule has 0 aliphatic carbocycles. The summed E-state index contributed by atoms with van der Waals surface area (Å²) in [6, 6.07) is 0. The molecule has 0 unspecified atom stereocenters. The van der Waals surface area contributed by atoms with Crippen molar-refractivity contribution in [1.29, 1.82) is 0 Å². The van der Waals surface area contributed by atoms with Crippen molar-refractivity contribution in [3.05, 3.63) is 0 Å². The first-order chi connectivity index (χ1) is 8.15. The first-order valence-corrected chi connectivity index (χ1v) is 6.40. The van der Waals surface area contributed by atoms with Gasteiger partial charge in [0.2, 0.25) is 5.91 Å². The van der Waals surface area contributed by atoms with Gasteiger partial charge in [0.05, 0.1) is 18.2 Å². The van der Waals surface area contributed by atoms with Crippen LogP contribution in [0, 0.1) is 0 Å². The highest BCUT2D eigenvalue weighted by Gasteiger charge is 2.41. The smallest absolute Gasteiger partial charge is 0.236 e. The Morgan fingerprint density at radius 1 is 1.65 bits per heavy atom. The van der Waals surface area contributed by atoms with Crippen LogP contribution in [0.15, 0.2) is 0 Å². The first-order valence-electron chi connectivity index (χ1n) is 6.40. The van der Waals surface area contributed by atoms with Crippen molar-refractivity contribution in [3.63, 3.8) is 0 Å². The molecule has 2 N–H and O–H groups in total. The molecule has 2 heterocycles. The van der Waals surface area contributed by atoms with Crippen LogP contribution in [-0.2, 0) is 9.53 Å². The van der Waals surface area contributed by atoms with Gasteiger partial charge in [-0.15, -0.1) is 0 Å². The van der Waals surface area contributed by atoms with Crippen LogP contribution >= 0.6 is 0 Å². The second-order valence-electron chi connectivity index (χ2n) is 5.13. The van der Waals surface area contributed by atoms with Gasteiger partial charge in [-0.25, -0.2) is 0 Å². The number of hydrogen-bond acceptors (Lipinski definition) is 4. The Hall–Kier alpha value is -0.650. The summed E-state index contributed by atoms with van der Waals surface area (Å²) in [4.78, 5) is 13.7. The lowest BCUT2D eigenvalue weighted by Gasteiger charge is -2.46. The lowest BCUT2D eigenvalue weighted by atomic mass is 9.84. The molecule has 2 saturated heterocycles. The maximum absolute atomic E-state index is 11.9. The van der Waals surface area contributed by atoms with E-state index in [1.54, 1.807) is 7.05 Å². The van der Waals surface area contributed by atoms with Crippen LogP contribution in [0.5, 0.6) is 0 Å². The minimum atomic E-state index is -0.292. The molecule has 0 aromatic carbocycles. The molecule has 2 aliphatic rings. The van der Waals surface area contributed by atoms with Crippen LogP contribution in [0.4, 0.5) is 0 Å². The van der Waals surface area contributed by atoms with Crippen molar-refractivity contribution >= 4 is 5.91 Å². The van der Waals surface area contributed by atoms with Crippen LogP contribution in [0.2, 0.25) is 0 Å². The molecule has 0 radical (unpaired) electrons. The van der Waals surface area contributed by atoms with Crippen molar-refractivity contribution in [3.8, 4) is 0 Å². The zero-order chi connectivity index (χ0) is 12.3. The second-order valence-corrected chi connectivity index (χ2v) is 5.13. The fourth-order valence-corrected chi connectivity index (χ4v) is 2.86. The number of aliphatic hydroxyl groups is 1. The highest BCUT2D eigenvalue weighted by molar-refractivity contribution is 5.78. The van der Waals surface area contributed by atoms with E-state index < -0.39 is 0 Å². The largest absolute Gasteiger partial charge is 0.393 e. The summed E-state index contributed by atoms with van der Waals surface area (Å²) in [5, 5.41) is 12.6. The van der Waals surface area contributed by atoms with Crippen molar-refractivity contribution in [2.75, 3.05) is 33.3 Å². The van der Waals surface area contributed by atoms with Gasteiger partial charge in [-0.3, -0.25) is 4.79 Å². The minimum Gasteiger partial charge on any atom is -0.393 e. The summed E-state index contributed by atoms with van der Waals surface area (Å²) in [5.41, 5.74) is -0.292. The Bertz CT molecular complexity index is 281. The van der Waals surface area contributed by atoms with E-state index in [-0.39, 0.29) is 17.6 Å². The summed E-state index contributed by atoms with van der Waals surface area (Å²) in [6.45, 7) is 2.42. The quantitative estimate of drug-likeness (QED) is 0.700. The van der Waals surface area contributed by atoms with Crippen LogP contribution in [0.1, 0.15) is 25.7 Å². The Kier molecular flexibility index (Phi) is 4.01. The molecule has 5 heteroatoms. The van der Waals surface area contributed by atoms with Gasteiger partial charge in [0, 0.05) is 26.1 Å². The number of carbonyl (C=O) groups is 1. The topological polar surface area (TPSA) is 61.8 Å². The molecule has 0 bridgehead atoms. The Morgan fingerprint density at radius 2 is 2.47 bits per heavy atom. The number of ether oxygens (including phenoxy) is 1. The van der Waals surface area contributed by atoms with E-state index in [9.17, 15) is 9.90 Å². The zero-order valence-electron chi connectivity index (χ0n) is 10.4. The van der Waals surface area contributed by atoms with E-state index in [4.69, 9.17) is 4.74 Å². The van der Waals surface area contributed by atoms with Gasteiger partial charge in [0.25, 0.3) is 0 Å². The van der Waals surface area contributed by atoms with Crippen LogP contribution < -0.4 is 5.32 Å². The second kappa shape index (κ2) is 5.33. The van der Waals surface area contributed by atoms with E-state index in [2.05, 4.69) is 5.32 Å². The summed E-state index contributed by atoms with van der Waals surface area (Å²) in [5.74, 6) is 0.121. The average molecular weight is 242 g/mol. The fourth-order valence-electron chi connectivity index (χ4n) is 2.86. The van der Waals surface area contributed by atoms with E-state index in [1.807, 2.05) is 4.90 Å². The molecule has 2 atom stereocenters. The molecule has 0 aromatic rings. The highest BCUT2D eigenvalue weighted by atomic mass is 16.5. The predicted octanol–water partition coefficient (Wildman–Crippen LogP) is -0.262. The third-order valence-corrected chi connectivity index (χ3v) is 3.69. The van der Waals surface area contributed by atoms with Crippen molar-refractivity contribution in [1.82, 2.24) is 10.2 Å². The number of aliphatic hydroxyl groups excluding tert-OH is 1. The lowest BCUT2D eigenvalue weighted by Crippen LogP contribution is -2.56. The molecular formula is C12H22N2O3. The molecule has 2 fully saturated rings. The summed E-state index contributed by atoms with van der Waals surface area (Å²) in [6.07, 6.45) is 3.01. The molecule has 2 rings (SSSR count). The van der Waals surface area contributed by atoms with Crippen LogP contribution in [0.3, 0.4) is 0 Å². The van der Waals surface area contributed by atoms with Gasteiger partial charge in [0.1, 0.15) is 0 Å². The molecule has 1 spiro atoms. The monoisotopic (exact) mass is 242 g/mol. The summed E-state index contributed by atoms with van der Waals surface area (Å²) in [7, 11) is 1.78. The molecule has 2 aliphatic heterocycles. The highest BCUT2D eigenvalue weighted by Crippen LogP contribution is 2.33. The number of rotatable bonds is 2. The molecule has 1 amide bonds. The molecule has 17 heavy (non-hydrogen) atoms. The van der Waals surface area contributed by atoms with Crippen molar-refractivity contribution in [2.45, 2.75) is 37.4 Å². The molecule has 5 nitrogen and oxygen atoms in total. The number of nitrogens with zero attached hydrogens (tertiary/aromatic N) is 1. The zero-order valence-corrected chi connectivity index (χ0v) is 10.4. The minimum absolute atomic E-state index is 0.121. The molecule has 0 aromatic heterocycles. The maximum Gasteiger partial charge on any atom is 0.236 e. The first kappa shape index (κ1) is 12.8. The molecule has 98 valence electrons. The Balaban J connectivity index is 1.98. The van der Waals surface area contributed by atoms with E-state index in [1.165, 1.54) is 0 Å². The summed E-state index contributed by atoms with van der Waals surface area (Å²) >= 11 is 0. The van der Waals surface area contributed by atoms with Gasteiger partial charge in [-0.05, 0) is 26.3 Å². The predicted molar refractivity (Wildman–Crippen MR) is 63.7 cm³/mol. The lowest BCUT2D eigenvalue weighted by molar-refractivity contribution is -0.160. The number of nitrogens with one attached hydrogen (secondary N) is 1. The third kappa shape index (κ3) is 2.97. The fraction of sp³-hybridized carbons (Fsp3) is 0.917. The maximum atomic E-state index is 11.9. The number of likely N-dealkylation sites (tertiary alicyclic amines) is 1. The average Bonchev–Trinajstić information content (AvgIpc) is 2.29. The summed E-state index contributed by atoms with van der Waals surface area (Å²) < 4.78 is 5.86. The number of piperidine rings is 1. The van der Waals surface area contributed by atoms with Gasteiger partial charge in [0.15, 0.2) is 0 Å². The van der Waals surface area contributed by atoms with E-state index in [0.29, 0.717) is 32.5 Å². The molecule has 0 saturated carbocycles. The van der Waals surface area contributed by atoms with E-state index >= 15 is 0 Å². The number of likely N-dealkylation sites (N-methyl/N-ethyl adjacent to an activating group) is 1. The number of carbonyl (C=O) groups excluding carboxylic acids is 1. The van der Waals surface area contributed by atoms with E-state index in [0.717, 1.165) is 19.4 Å². The van der Waals surface area contributed by atoms with Gasteiger partial charge < -0.3 is 20.1 Å². The van der Waals surface area contributed by atoms with Crippen molar-refractivity contribution in [2.24, 2.45) is 0 Å². The Morgan fingerprint density at radius 3 is 3.18 bits per heavy atom. The van der Waals surface area contributed by atoms with Crippen molar-refractivity contribution < 1.29 is 14.6 Å². The van der Waals surface area contributed by atoms with Crippen LogP contribution in [-0.4, -0.2) is 60.9 Å². The number of amides is 1. The van der Waals surface area contributed by atoms with Gasteiger partial charge in [-0.1, -0.05) is 0 Å². The normalized spacial score (nSPS) is 34.0. The number of hydrogen-bond donors (Lipinski definition) is 2. The Labute approximate surface area is 102 Å². The SMILES string of the molecule is CNCC(=O)N1CCC[C@]2(C[C@@H](O)CCO2)C1.